The Kier molecular flexibility index (Phi) is 5.94. The molecule has 0 spiro atoms. The zero-order chi connectivity index (χ0) is 15.2. The van der Waals surface area contributed by atoms with Gasteiger partial charge in [0.25, 0.3) is 0 Å². The van der Waals surface area contributed by atoms with Crippen LogP contribution in [0.25, 0.3) is 0 Å². The van der Waals surface area contributed by atoms with Crippen LogP contribution in [-0.2, 0) is 6.42 Å². The first-order valence-electron chi connectivity index (χ1n) is 7.52. The molecule has 0 saturated carbocycles. The molecule has 2 unspecified atom stereocenters. The summed E-state index contributed by atoms with van der Waals surface area (Å²) in [5, 5.41) is 3.39. The molecule has 1 fully saturated rings. The van der Waals surface area contributed by atoms with Gasteiger partial charge in [-0.05, 0) is 57.5 Å². The van der Waals surface area contributed by atoms with Gasteiger partial charge in [0.15, 0.2) is 0 Å². The van der Waals surface area contributed by atoms with Crippen LogP contribution in [0.4, 0.5) is 8.78 Å². The van der Waals surface area contributed by atoms with Crippen LogP contribution >= 0.6 is 0 Å². The van der Waals surface area contributed by atoms with Crippen LogP contribution in [0, 0.1) is 0 Å². The maximum Gasteiger partial charge on any atom is 0.387 e. The van der Waals surface area contributed by atoms with E-state index in [0.717, 1.165) is 31.5 Å². The quantitative estimate of drug-likeness (QED) is 0.837. The predicted molar refractivity (Wildman–Crippen MR) is 79.9 cm³/mol. The summed E-state index contributed by atoms with van der Waals surface area (Å²) in [6.07, 6.45) is 3.21. The average Bonchev–Trinajstić information content (AvgIpc) is 2.99. The number of hydrogen-bond acceptors (Lipinski definition) is 3. The lowest BCUT2D eigenvalue weighted by molar-refractivity contribution is -0.0498. The highest BCUT2D eigenvalue weighted by molar-refractivity contribution is 5.27. The zero-order valence-electron chi connectivity index (χ0n) is 12.7. The lowest BCUT2D eigenvalue weighted by Crippen LogP contribution is -2.40. The molecule has 1 aromatic carbocycles. The van der Waals surface area contributed by atoms with E-state index in [1.165, 1.54) is 6.42 Å². The molecule has 1 aliphatic heterocycles. The summed E-state index contributed by atoms with van der Waals surface area (Å²) in [5.41, 5.74) is 1.15. The van der Waals surface area contributed by atoms with E-state index in [9.17, 15) is 8.78 Å². The Balaban J connectivity index is 1.79. The Bertz CT molecular complexity index is 419. The van der Waals surface area contributed by atoms with Crippen molar-refractivity contribution in [2.24, 2.45) is 0 Å². The van der Waals surface area contributed by atoms with Gasteiger partial charge in [-0.15, -0.1) is 0 Å². The predicted octanol–water partition coefficient (Wildman–Crippen LogP) is 2.90. The molecule has 1 saturated heterocycles. The monoisotopic (exact) mass is 298 g/mol. The normalized spacial score (nSPS) is 20.2. The molecule has 0 aromatic heterocycles. The number of hydrogen-bond donors (Lipinski definition) is 1. The second-order valence-corrected chi connectivity index (χ2v) is 5.72. The molecule has 21 heavy (non-hydrogen) atoms. The van der Waals surface area contributed by atoms with E-state index in [0.29, 0.717) is 12.1 Å². The van der Waals surface area contributed by atoms with Crippen molar-refractivity contribution in [2.75, 3.05) is 20.1 Å². The van der Waals surface area contributed by atoms with Crippen LogP contribution in [0.15, 0.2) is 24.3 Å². The fourth-order valence-electron chi connectivity index (χ4n) is 2.76. The molecular formula is C16H24F2N2O. The molecule has 2 atom stereocenters. The lowest BCUT2D eigenvalue weighted by Gasteiger charge is -2.30. The minimum atomic E-state index is -2.76. The maximum atomic E-state index is 12.1. The summed E-state index contributed by atoms with van der Waals surface area (Å²) in [7, 11) is 2.18. The van der Waals surface area contributed by atoms with Gasteiger partial charge in [-0.1, -0.05) is 12.1 Å². The Morgan fingerprint density at radius 2 is 2.05 bits per heavy atom. The summed E-state index contributed by atoms with van der Waals surface area (Å²) in [6.45, 7) is 1.66. The van der Waals surface area contributed by atoms with Crippen molar-refractivity contribution >= 4 is 0 Å². The van der Waals surface area contributed by atoms with E-state index in [2.05, 4.69) is 28.9 Å². The minimum Gasteiger partial charge on any atom is -0.435 e. The lowest BCUT2D eigenvalue weighted by atomic mass is 10.0. The van der Waals surface area contributed by atoms with Crippen LogP contribution < -0.4 is 10.1 Å². The largest absolute Gasteiger partial charge is 0.435 e. The van der Waals surface area contributed by atoms with Crippen molar-refractivity contribution in [3.8, 4) is 5.75 Å². The maximum absolute atomic E-state index is 12.1. The van der Waals surface area contributed by atoms with E-state index >= 15 is 0 Å². The molecule has 1 aromatic rings. The smallest absolute Gasteiger partial charge is 0.387 e. The molecule has 0 amide bonds. The SMILES string of the molecule is CC(CCc1ccc(OC(F)F)cc1)N(C)C1CCNC1. The third-order valence-corrected chi connectivity index (χ3v) is 4.30. The van der Waals surface area contributed by atoms with Crippen molar-refractivity contribution in [2.45, 2.75) is 44.9 Å². The van der Waals surface area contributed by atoms with Crippen LogP contribution in [0.2, 0.25) is 0 Å². The summed E-state index contributed by atoms with van der Waals surface area (Å²) in [5.74, 6) is 0.218. The first kappa shape index (κ1) is 16.2. The Morgan fingerprint density at radius 1 is 1.33 bits per heavy atom. The first-order chi connectivity index (χ1) is 10.1. The molecule has 3 nitrogen and oxygen atoms in total. The van der Waals surface area contributed by atoms with E-state index in [4.69, 9.17) is 0 Å². The second kappa shape index (κ2) is 7.71. The van der Waals surface area contributed by atoms with Crippen LogP contribution in [0.3, 0.4) is 0 Å². The Hall–Kier alpha value is -1.20. The second-order valence-electron chi connectivity index (χ2n) is 5.72. The number of ether oxygens (including phenoxy) is 1. The van der Waals surface area contributed by atoms with E-state index in [1.807, 2.05) is 12.1 Å². The Morgan fingerprint density at radius 3 is 2.62 bits per heavy atom. The zero-order valence-corrected chi connectivity index (χ0v) is 12.7. The van der Waals surface area contributed by atoms with Crippen LogP contribution in [-0.4, -0.2) is 43.7 Å². The van der Waals surface area contributed by atoms with Crippen LogP contribution in [0.1, 0.15) is 25.3 Å². The van der Waals surface area contributed by atoms with Crippen molar-refractivity contribution in [3.63, 3.8) is 0 Å². The van der Waals surface area contributed by atoms with Crippen LogP contribution in [0.5, 0.6) is 5.75 Å². The molecule has 1 aliphatic rings. The Labute approximate surface area is 125 Å². The number of rotatable bonds is 7. The number of alkyl halides is 2. The highest BCUT2D eigenvalue weighted by Gasteiger charge is 2.22. The number of nitrogens with one attached hydrogen (secondary N) is 1. The van der Waals surface area contributed by atoms with Gasteiger partial charge in [-0.2, -0.15) is 8.78 Å². The number of halogens is 2. The van der Waals surface area contributed by atoms with E-state index in [1.54, 1.807) is 12.1 Å². The molecule has 0 aliphatic carbocycles. The van der Waals surface area contributed by atoms with Gasteiger partial charge < -0.3 is 10.1 Å². The number of aryl methyl sites for hydroxylation is 1. The van der Waals surface area contributed by atoms with Gasteiger partial charge >= 0.3 is 6.61 Å². The minimum absolute atomic E-state index is 0.218. The molecule has 1 heterocycles. The topological polar surface area (TPSA) is 24.5 Å². The summed E-state index contributed by atoms with van der Waals surface area (Å²) >= 11 is 0. The van der Waals surface area contributed by atoms with Gasteiger partial charge in [0, 0.05) is 18.6 Å². The highest BCUT2D eigenvalue weighted by atomic mass is 19.3. The van der Waals surface area contributed by atoms with Crippen molar-refractivity contribution in [1.82, 2.24) is 10.2 Å². The van der Waals surface area contributed by atoms with Crippen molar-refractivity contribution < 1.29 is 13.5 Å². The van der Waals surface area contributed by atoms with Crippen molar-refractivity contribution in [3.05, 3.63) is 29.8 Å². The molecule has 0 bridgehead atoms. The molecule has 1 N–H and O–H groups in total. The van der Waals surface area contributed by atoms with Gasteiger partial charge in [0.2, 0.25) is 0 Å². The molecule has 2 rings (SSSR count). The fraction of sp³-hybridized carbons (Fsp3) is 0.625. The fourth-order valence-corrected chi connectivity index (χ4v) is 2.76. The number of benzene rings is 1. The summed E-state index contributed by atoms with van der Waals surface area (Å²) < 4.78 is 28.5. The van der Waals surface area contributed by atoms with Gasteiger partial charge in [0.05, 0.1) is 0 Å². The molecule has 5 heteroatoms. The van der Waals surface area contributed by atoms with Gasteiger partial charge in [-0.3, -0.25) is 4.90 Å². The molecular weight excluding hydrogens is 274 g/mol. The van der Waals surface area contributed by atoms with Gasteiger partial charge in [-0.25, -0.2) is 0 Å². The third-order valence-electron chi connectivity index (χ3n) is 4.30. The molecule has 0 radical (unpaired) electrons. The number of likely N-dealkylation sites (N-methyl/N-ethyl adjacent to an activating group) is 1. The van der Waals surface area contributed by atoms with E-state index in [-0.39, 0.29) is 5.75 Å². The average molecular weight is 298 g/mol. The first-order valence-corrected chi connectivity index (χ1v) is 7.52. The summed E-state index contributed by atoms with van der Waals surface area (Å²) in [6, 6.07) is 8.07. The third kappa shape index (κ3) is 4.93. The van der Waals surface area contributed by atoms with Gasteiger partial charge in [0.1, 0.15) is 5.75 Å². The molecule has 118 valence electrons. The van der Waals surface area contributed by atoms with E-state index < -0.39 is 6.61 Å². The summed E-state index contributed by atoms with van der Waals surface area (Å²) in [4.78, 5) is 2.44. The number of nitrogens with zero attached hydrogens (tertiary/aromatic N) is 1. The standard InChI is InChI=1S/C16H24F2N2O/c1-12(20(2)14-9-10-19-11-14)3-4-13-5-7-15(8-6-13)21-16(17)18/h5-8,12,14,16,19H,3-4,9-11H2,1-2H3. The highest BCUT2D eigenvalue weighted by Crippen LogP contribution is 2.18. The van der Waals surface area contributed by atoms with Crippen molar-refractivity contribution in [1.29, 1.82) is 0 Å².